The highest BCUT2D eigenvalue weighted by Gasteiger charge is 2.45. The number of hydrogen-bond donors (Lipinski definition) is 2. The highest BCUT2D eigenvalue weighted by Crippen LogP contribution is 2.34. The predicted molar refractivity (Wildman–Crippen MR) is 101 cm³/mol. The summed E-state index contributed by atoms with van der Waals surface area (Å²) in [5.41, 5.74) is -0.0937. The van der Waals surface area contributed by atoms with Crippen molar-refractivity contribution in [1.29, 1.82) is 0 Å². The highest BCUT2D eigenvalue weighted by atomic mass is 19.3. The summed E-state index contributed by atoms with van der Waals surface area (Å²) in [7, 11) is 0. The molecular formula is C21H21F3N2O3. The van der Waals surface area contributed by atoms with Crippen molar-refractivity contribution < 1.29 is 27.9 Å². The molecule has 3 rings (SSSR count). The van der Waals surface area contributed by atoms with Gasteiger partial charge in [0.15, 0.2) is 0 Å². The van der Waals surface area contributed by atoms with Crippen LogP contribution in [0.2, 0.25) is 0 Å². The Hall–Kier alpha value is -2.87. The molecule has 0 aliphatic carbocycles. The predicted octanol–water partition coefficient (Wildman–Crippen LogP) is 3.46. The van der Waals surface area contributed by atoms with Gasteiger partial charge in [-0.15, -0.1) is 0 Å². The van der Waals surface area contributed by atoms with Gasteiger partial charge in [-0.05, 0) is 61.7 Å². The van der Waals surface area contributed by atoms with E-state index in [0.29, 0.717) is 5.69 Å². The van der Waals surface area contributed by atoms with Crippen LogP contribution in [0.3, 0.4) is 0 Å². The van der Waals surface area contributed by atoms with Crippen molar-refractivity contribution in [2.75, 3.05) is 18.4 Å². The van der Waals surface area contributed by atoms with Crippen LogP contribution in [-0.2, 0) is 10.7 Å². The SMILES string of the molecule is Cc1ccc(C(=O)Nc2ccc(F)cc2)cc1C(F)(F)C(=O)N1CCC(O)CC1. The van der Waals surface area contributed by atoms with Gasteiger partial charge in [-0.2, -0.15) is 8.78 Å². The summed E-state index contributed by atoms with van der Waals surface area (Å²) in [6, 6.07) is 8.78. The summed E-state index contributed by atoms with van der Waals surface area (Å²) < 4.78 is 42.9. The minimum Gasteiger partial charge on any atom is -0.393 e. The van der Waals surface area contributed by atoms with Crippen molar-refractivity contribution >= 4 is 17.5 Å². The Kier molecular flexibility index (Phi) is 5.93. The summed E-state index contributed by atoms with van der Waals surface area (Å²) in [6.07, 6.45) is -0.0881. The maximum atomic E-state index is 15.0. The summed E-state index contributed by atoms with van der Waals surface area (Å²) in [5.74, 6) is -6.27. The first-order chi connectivity index (χ1) is 13.7. The highest BCUT2D eigenvalue weighted by molar-refractivity contribution is 6.04. The lowest BCUT2D eigenvalue weighted by molar-refractivity contribution is -0.161. The van der Waals surface area contributed by atoms with Gasteiger partial charge in [0.1, 0.15) is 5.82 Å². The third-order valence-corrected chi connectivity index (χ3v) is 4.96. The molecule has 1 heterocycles. The molecule has 2 amide bonds. The lowest BCUT2D eigenvalue weighted by Gasteiger charge is -2.32. The Labute approximate surface area is 166 Å². The molecule has 0 aromatic heterocycles. The molecule has 0 bridgehead atoms. The van der Waals surface area contributed by atoms with Gasteiger partial charge in [-0.1, -0.05) is 6.07 Å². The van der Waals surface area contributed by atoms with E-state index in [9.17, 15) is 27.9 Å². The standard InChI is InChI=1S/C21H21F3N2O3/c1-13-2-3-14(19(28)25-16-6-4-15(22)5-7-16)12-18(13)21(23,24)20(29)26-10-8-17(27)9-11-26/h2-7,12,17,27H,8-11H2,1H3,(H,25,28). The summed E-state index contributed by atoms with van der Waals surface area (Å²) in [6.45, 7) is 1.55. The first kappa shape index (κ1) is 20.9. The minimum absolute atomic E-state index is 0.0449. The Balaban J connectivity index is 1.82. The Morgan fingerprint density at radius 2 is 1.72 bits per heavy atom. The van der Waals surface area contributed by atoms with Gasteiger partial charge in [-0.25, -0.2) is 4.39 Å². The number of aliphatic hydroxyl groups is 1. The fraction of sp³-hybridized carbons (Fsp3) is 0.333. The normalized spacial score (nSPS) is 15.3. The second kappa shape index (κ2) is 8.24. The van der Waals surface area contributed by atoms with Gasteiger partial charge >= 0.3 is 5.92 Å². The lowest BCUT2D eigenvalue weighted by atomic mass is 9.97. The van der Waals surface area contributed by atoms with E-state index in [1.165, 1.54) is 43.3 Å². The second-order valence-electron chi connectivity index (χ2n) is 7.09. The van der Waals surface area contributed by atoms with Crippen molar-refractivity contribution in [2.24, 2.45) is 0 Å². The Morgan fingerprint density at radius 3 is 2.34 bits per heavy atom. The molecule has 1 saturated heterocycles. The molecule has 154 valence electrons. The zero-order valence-electron chi connectivity index (χ0n) is 15.8. The molecule has 0 radical (unpaired) electrons. The van der Waals surface area contributed by atoms with Gasteiger partial charge in [0.05, 0.1) is 6.10 Å². The maximum absolute atomic E-state index is 15.0. The number of hydrogen-bond acceptors (Lipinski definition) is 3. The third-order valence-electron chi connectivity index (χ3n) is 4.96. The molecule has 1 fully saturated rings. The van der Waals surface area contributed by atoms with Gasteiger partial charge in [-0.3, -0.25) is 9.59 Å². The maximum Gasteiger partial charge on any atom is 0.350 e. The third kappa shape index (κ3) is 4.59. The average Bonchev–Trinajstić information content (AvgIpc) is 2.70. The molecule has 0 spiro atoms. The molecule has 2 N–H and O–H groups in total. The molecule has 1 aliphatic heterocycles. The number of benzene rings is 2. The lowest BCUT2D eigenvalue weighted by Crippen LogP contribution is -2.47. The molecular weight excluding hydrogens is 385 g/mol. The molecule has 0 atom stereocenters. The van der Waals surface area contributed by atoms with Gasteiger partial charge in [0.2, 0.25) is 0 Å². The van der Waals surface area contributed by atoms with Crippen LogP contribution in [0.1, 0.15) is 34.3 Å². The Bertz CT molecular complexity index is 908. The average molecular weight is 406 g/mol. The van der Waals surface area contributed by atoms with Crippen LogP contribution in [0, 0.1) is 12.7 Å². The van der Waals surface area contributed by atoms with E-state index in [4.69, 9.17) is 0 Å². The van der Waals surface area contributed by atoms with Crippen molar-refractivity contribution in [1.82, 2.24) is 4.90 Å². The molecule has 0 unspecified atom stereocenters. The number of alkyl halides is 2. The number of nitrogens with one attached hydrogen (secondary N) is 1. The number of aryl methyl sites for hydroxylation is 1. The number of rotatable bonds is 4. The van der Waals surface area contributed by atoms with E-state index in [1.54, 1.807) is 0 Å². The van der Waals surface area contributed by atoms with E-state index < -0.39 is 35.2 Å². The van der Waals surface area contributed by atoms with Crippen LogP contribution in [0.5, 0.6) is 0 Å². The molecule has 1 aliphatic rings. The van der Waals surface area contributed by atoms with E-state index in [1.807, 2.05) is 0 Å². The number of anilines is 1. The number of nitrogens with zero attached hydrogens (tertiary/aromatic N) is 1. The quantitative estimate of drug-likeness (QED) is 0.817. The molecule has 5 nitrogen and oxygen atoms in total. The molecule has 2 aromatic carbocycles. The summed E-state index contributed by atoms with van der Waals surface area (Å²) >= 11 is 0. The van der Waals surface area contributed by atoms with Crippen LogP contribution in [-0.4, -0.2) is 41.0 Å². The van der Waals surface area contributed by atoms with E-state index >= 15 is 0 Å². The smallest absolute Gasteiger partial charge is 0.350 e. The number of halogens is 3. The van der Waals surface area contributed by atoms with Crippen LogP contribution in [0.4, 0.5) is 18.9 Å². The van der Waals surface area contributed by atoms with Gasteiger partial charge in [0.25, 0.3) is 11.8 Å². The van der Waals surface area contributed by atoms with Crippen LogP contribution in [0.15, 0.2) is 42.5 Å². The fourth-order valence-corrected chi connectivity index (χ4v) is 3.22. The fourth-order valence-electron chi connectivity index (χ4n) is 3.22. The topological polar surface area (TPSA) is 69.6 Å². The zero-order valence-corrected chi connectivity index (χ0v) is 15.8. The van der Waals surface area contributed by atoms with Crippen molar-refractivity contribution in [3.63, 3.8) is 0 Å². The van der Waals surface area contributed by atoms with E-state index in [0.717, 1.165) is 11.0 Å². The van der Waals surface area contributed by atoms with E-state index in [2.05, 4.69) is 5.32 Å². The van der Waals surface area contributed by atoms with Crippen LogP contribution >= 0.6 is 0 Å². The largest absolute Gasteiger partial charge is 0.393 e. The van der Waals surface area contributed by atoms with Gasteiger partial charge < -0.3 is 15.3 Å². The molecule has 0 saturated carbocycles. The van der Waals surface area contributed by atoms with Crippen LogP contribution in [0.25, 0.3) is 0 Å². The first-order valence-electron chi connectivity index (χ1n) is 9.22. The molecule has 2 aromatic rings. The van der Waals surface area contributed by atoms with Crippen molar-refractivity contribution in [3.05, 3.63) is 65.0 Å². The van der Waals surface area contributed by atoms with Gasteiger partial charge in [0, 0.05) is 29.9 Å². The van der Waals surface area contributed by atoms with Crippen LogP contribution < -0.4 is 5.32 Å². The Morgan fingerprint density at radius 1 is 1.10 bits per heavy atom. The molecule has 8 heteroatoms. The number of likely N-dealkylation sites (tertiary alicyclic amines) is 1. The summed E-state index contributed by atoms with van der Waals surface area (Å²) in [5, 5.41) is 12.0. The zero-order chi connectivity index (χ0) is 21.2. The second-order valence-corrected chi connectivity index (χ2v) is 7.09. The monoisotopic (exact) mass is 406 g/mol. The number of carbonyl (C=O) groups is 2. The van der Waals surface area contributed by atoms with E-state index in [-0.39, 0.29) is 37.1 Å². The minimum atomic E-state index is -3.81. The summed E-state index contributed by atoms with van der Waals surface area (Å²) in [4.78, 5) is 25.9. The number of carbonyl (C=O) groups excluding carboxylic acids is 2. The number of amides is 2. The van der Waals surface area contributed by atoms with Crippen molar-refractivity contribution in [2.45, 2.75) is 31.8 Å². The molecule has 29 heavy (non-hydrogen) atoms. The first-order valence-corrected chi connectivity index (χ1v) is 9.22. The number of aliphatic hydroxyl groups excluding tert-OH is 1. The van der Waals surface area contributed by atoms with Crippen molar-refractivity contribution in [3.8, 4) is 0 Å². The number of piperidine rings is 1.